The molecule has 1 fully saturated rings. The molecule has 10 heteroatoms. The van der Waals surface area contributed by atoms with Crippen LogP contribution in [0.1, 0.15) is 21.7 Å². The lowest BCUT2D eigenvalue weighted by molar-refractivity contribution is -0.384. The number of aryl methyl sites for hydroxylation is 2. The fourth-order valence-corrected chi connectivity index (χ4v) is 3.59. The maximum absolute atomic E-state index is 12.8. The summed E-state index contributed by atoms with van der Waals surface area (Å²) in [5, 5.41) is 14.2. The van der Waals surface area contributed by atoms with E-state index in [1.54, 1.807) is 17.2 Å². The summed E-state index contributed by atoms with van der Waals surface area (Å²) < 4.78 is 0. The molecule has 0 spiro atoms. The summed E-state index contributed by atoms with van der Waals surface area (Å²) in [6.45, 7) is 6.01. The zero-order valence-electron chi connectivity index (χ0n) is 17.9. The highest BCUT2D eigenvalue weighted by molar-refractivity contribution is 5.95. The Labute approximate surface area is 185 Å². The molecule has 164 valence electrons. The van der Waals surface area contributed by atoms with E-state index in [1.807, 2.05) is 32.0 Å². The second kappa shape index (κ2) is 8.96. The van der Waals surface area contributed by atoms with Crippen LogP contribution in [-0.2, 0) is 0 Å². The smallest absolute Gasteiger partial charge is 0.270 e. The van der Waals surface area contributed by atoms with Gasteiger partial charge in [0.25, 0.3) is 11.6 Å². The van der Waals surface area contributed by atoms with Gasteiger partial charge in [-0.2, -0.15) is 0 Å². The third kappa shape index (κ3) is 4.80. The largest absolute Gasteiger partial charge is 0.353 e. The van der Waals surface area contributed by atoms with Crippen molar-refractivity contribution in [1.82, 2.24) is 19.9 Å². The van der Waals surface area contributed by atoms with Crippen LogP contribution in [0.4, 0.5) is 23.1 Å². The third-order valence-electron chi connectivity index (χ3n) is 5.19. The molecule has 0 radical (unpaired) electrons. The number of carbonyl (C=O) groups is 1. The van der Waals surface area contributed by atoms with E-state index in [4.69, 9.17) is 0 Å². The molecule has 0 saturated carbocycles. The fraction of sp³-hybridized carbons (Fsp3) is 0.273. The molecule has 0 bridgehead atoms. The topological polar surface area (TPSA) is 117 Å². The van der Waals surface area contributed by atoms with Crippen molar-refractivity contribution in [2.75, 3.05) is 36.4 Å². The second-order valence-corrected chi connectivity index (χ2v) is 7.59. The molecule has 1 aliphatic rings. The number of non-ortho nitro benzene ring substituents is 1. The molecule has 2 aromatic heterocycles. The van der Waals surface area contributed by atoms with Crippen molar-refractivity contribution in [2.45, 2.75) is 13.8 Å². The summed E-state index contributed by atoms with van der Waals surface area (Å²) in [5.41, 5.74) is 1.33. The lowest BCUT2D eigenvalue weighted by Crippen LogP contribution is -2.49. The molecule has 3 heterocycles. The minimum absolute atomic E-state index is 0.0888. The van der Waals surface area contributed by atoms with Crippen LogP contribution in [0.5, 0.6) is 0 Å². The van der Waals surface area contributed by atoms with Gasteiger partial charge in [0, 0.05) is 56.1 Å². The van der Waals surface area contributed by atoms with Crippen molar-refractivity contribution in [1.29, 1.82) is 0 Å². The number of amides is 1. The predicted molar refractivity (Wildman–Crippen MR) is 120 cm³/mol. The van der Waals surface area contributed by atoms with Crippen molar-refractivity contribution in [2.24, 2.45) is 0 Å². The van der Waals surface area contributed by atoms with Crippen LogP contribution in [0.25, 0.3) is 0 Å². The molecule has 3 aromatic rings. The molecule has 0 unspecified atom stereocenters. The number of nitrogens with zero attached hydrogens (tertiary/aromatic N) is 6. The Balaban J connectivity index is 1.44. The summed E-state index contributed by atoms with van der Waals surface area (Å²) in [6, 6.07) is 11.6. The molecular weight excluding hydrogens is 410 g/mol. The fourth-order valence-electron chi connectivity index (χ4n) is 3.59. The quantitative estimate of drug-likeness (QED) is 0.482. The van der Waals surface area contributed by atoms with Gasteiger partial charge in [-0.25, -0.2) is 15.0 Å². The van der Waals surface area contributed by atoms with Gasteiger partial charge >= 0.3 is 0 Å². The van der Waals surface area contributed by atoms with Crippen molar-refractivity contribution >= 4 is 29.0 Å². The molecule has 1 aromatic carbocycles. The SMILES string of the molecule is Cc1ccnc(Nc2cc(N3CCN(C(=O)c4cccc([N+](=O)[O-])c4)CC3)nc(C)n2)c1. The normalized spacial score (nSPS) is 13.7. The van der Waals surface area contributed by atoms with Gasteiger partial charge in [-0.15, -0.1) is 0 Å². The van der Waals surface area contributed by atoms with Crippen LogP contribution in [0.2, 0.25) is 0 Å². The molecule has 10 nitrogen and oxygen atoms in total. The maximum Gasteiger partial charge on any atom is 0.270 e. The first-order chi connectivity index (χ1) is 15.4. The third-order valence-corrected chi connectivity index (χ3v) is 5.19. The number of anilines is 3. The van der Waals surface area contributed by atoms with Crippen LogP contribution < -0.4 is 10.2 Å². The monoisotopic (exact) mass is 433 g/mol. The Morgan fingerprint density at radius 2 is 1.81 bits per heavy atom. The van der Waals surface area contributed by atoms with Crippen LogP contribution in [0.15, 0.2) is 48.7 Å². The van der Waals surface area contributed by atoms with Gasteiger partial charge in [0.1, 0.15) is 23.3 Å². The van der Waals surface area contributed by atoms with Crippen LogP contribution in [-0.4, -0.2) is 56.9 Å². The molecule has 1 amide bonds. The minimum atomic E-state index is -0.496. The predicted octanol–water partition coefficient (Wildman–Crippen LogP) is 3.10. The van der Waals surface area contributed by atoms with Gasteiger partial charge in [0.2, 0.25) is 0 Å². The number of benzene rings is 1. The summed E-state index contributed by atoms with van der Waals surface area (Å²) in [7, 11) is 0. The summed E-state index contributed by atoms with van der Waals surface area (Å²) in [4.78, 5) is 40.4. The first kappa shape index (κ1) is 21.2. The number of carbonyl (C=O) groups excluding carboxylic acids is 1. The van der Waals surface area contributed by atoms with E-state index in [0.717, 1.165) is 11.4 Å². The first-order valence-corrected chi connectivity index (χ1v) is 10.2. The summed E-state index contributed by atoms with van der Waals surface area (Å²) in [5.74, 6) is 2.56. The van der Waals surface area contributed by atoms with Gasteiger partial charge in [0.15, 0.2) is 0 Å². The van der Waals surface area contributed by atoms with Crippen molar-refractivity contribution < 1.29 is 9.72 Å². The van der Waals surface area contributed by atoms with E-state index in [9.17, 15) is 14.9 Å². The van der Waals surface area contributed by atoms with Crippen LogP contribution in [0, 0.1) is 24.0 Å². The highest BCUT2D eigenvalue weighted by Crippen LogP contribution is 2.22. The Kier molecular flexibility index (Phi) is 5.93. The first-order valence-electron chi connectivity index (χ1n) is 10.2. The number of nitro benzene ring substituents is 1. The van der Waals surface area contributed by atoms with Gasteiger partial charge in [-0.1, -0.05) is 6.07 Å². The lowest BCUT2D eigenvalue weighted by Gasteiger charge is -2.35. The van der Waals surface area contributed by atoms with Crippen molar-refractivity contribution in [3.8, 4) is 0 Å². The van der Waals surface area contributed by atoms with Gasteiger partial charge in [-0.05, 0) is 37.6 Å². The molecule has 32 heavy (non-hydrogen) atoms. The number of hydrogen-bond acceptors (Lipinski definition) is 8. The summed E-state index contributed by atoms with van der Waals surface area (Å²) in [6.07, 6.45) is 1.74. The molecule has 1 saturated heterocycles. The number of hydrogen-bond donors (Lipinski definition) is 1. The molecular formula is C22H23N7O3. The zero-order valence-corrected chi connectivity index (χ0v) is 17.9. The Morgan fingerprint density at radius 3 is 2.53 bits per heavy atom. The van der Waals surface area contributed by atoms with Crippen LogP contribution in [0.3, 0.4) is 0 Å². The maximum atomic E-state index is 12.8. The lowest BCUT2D eigenvalue weighted by atomic mass is 10.1. The standard InChI is InChI=1S/C22H23N7O3/c1-15-6-7-23-19(12-15)26-20-14-21(25-16(2)24-20)27-8-10-28(11-9-27)22(30)17-4-3-5-18(13-17)29(31)32/h3-7,12-14H,8-11H2,1-2H3,(H,23,24,25,26). The van der Waals surface area contributed by atoms with Gasteiger partial charge in [-0.3, -0.25) is 14.9 Å². The molecule has 1 aliphatic heterocycles. The number of rotatable bonds is 5. The highest BCUT2D eigenvalue weighted by Gasteiger charge is 2.24. The Bertz CT molecular complexity index is 1160. The van der Waals surface area contributed by atoms with E-state index in [1.165, 1.54) is 18.2 Å². The van der Waals surface area contributed by atoms with Crippen molar-refractivity contribution in [3.63, 3.8) is 0 Å². The molecule has 1 N–H and O–H groups in total. The number of aromatic nitrogens is 3. The number of pyridine rings is 1. The Hall–Kier alpha value is -4.08. The van der Waals surface area contributed by atoms with E-state index >= 15 is 0 Å². The molecule has 4 rings (SSSR count). The van der Waals surface area contributed by atoms with E-state index in [-0.39, 0.29) is 11.6 Å². The van der Waals surface area contributed by atoms with Gasteiger partial charge < -0.3 is 15.1 Å². The summed E-state index contributed by atoms with van der Waals surface area (Å²) >= 11 is 0. The zero-order chi connectivity index (χ0) is 22.7. The highest BCUT2D eigenvalue weighted by atomic mass is 16.6. The van der Waals surface area contributed by atoms with Gasteiger partial charge in [0.05, 0.1) is 4.92 Å². The van der Waals surface area contributed by atoms with Crippen molar-refractivity contribution in [3.05, 3.63) is 75.7 Å². The second-order valence-electron chi connectivity index (χ2n) is 7.59. The average Bonchev–Trinajstić information content (AvgIpc) is 2.78. The number of piperazine rings is 1. The van der Waals surface area contributed by atoms with E-state index in [0.29, 0.717) is 49.2 Å². The number of nitro groups is 1. The molecule has 0 atom stereocenters. The minimum Gasteiger partial charge on any atom is -0.353 e. The van der Waals surface area contributed by atoms with E-state index < -0.39 is 4.92 Å². The van der Waals surface area contributed by atoms with Crippen LogP contribution >= 0.6 is 0 Å². The molecule has 0 aliphatic carbocycles. The van der Waals surface area contributed by atoms with E-state index in [2.05, 4.69) is 25.2 Å². The number of nitrogens with one attached hydrogen (secondary N) is 1. The Morgan fingerprint density at radius 1 is 1.03 bits per heavy atom. The average molecular weight is 433 g/mol.